The number of carbonyl (C=O) groups excluding carboxylic acids is 1. The highest BCUT2D eigenvalue weighted by molar-refractivity contribution is 5.96. The van der Waals surface area contributed by atoms with Gasteiger partial charge in [-0.2, -0.15) is 8.78 Å². The number of benzene rings is 1. The number of rotatable bonds is 5. The highest BCUT2D eigenvalue weighted by atomic mass is 19.3. The number of Topliss-reactive ketones (excluding diaryl/α,β-unsaturated/α-hetero) is 1. The minimum Gasteiger partial charge on any atom is -0.435 e. The van der Waals surface area contributed by atoms with E-state index in [4.69, 9.17) is 0 Å². The molecule has 1 fully saturated rings. The molecule has 1 N–H and O–H groups in total. The fourth-order valence-corrected chi connectivity index (χ4v) is 2.09. The summed E-state index contributed by atoms with van der Waals surface area (Å²) in [4.78, 5) is 11.9. The summed E-state index contributed by atoms with van der Waals surface area (Å²) in [6, 6.07) is 6.07. The average Bonchev–Trinajstić information content (AvgIpc) is 2.82. The molecule has 3 nitrogen and oxygen atoms in total. The van der Waals surface area contributed by atoms with Crippen molar-refractivity contribution in [2.24, 2.45) is 0 Å². The van der Waals surface area contributed by atoms with Gasteiger partial charge in [0, 0.05) is 18.0 Å². The van der Waals surface area contributed by atoms with Gasteiger partial charge < -0.3 is 10.1 Å². The molecule has 1 aromatic carbocycles. The van der Waals surface area contributed by atoms with E-state index in [0.717, 1.165) is 19.4 Å². The standard InChI is InChI=1S/C13H15F2NO2/c14-13(15)18-11-5-3-9(4-6-11)12(17)8-10-2-1-7-16-10/h3-6,10,13,16H,1-2,7-8H2. The quantitative estimate of drug-likeness (QED) is 0.822. The Kier molecular flexibility index (Phi) is 4.25. The number of ether oxygens (including phenoxy) is 1. The zero-order chi connectivity index (χ0) is 13.0. The van der Waals surface area contributed by atoms with Gasteiger partial charge in [-0.15, -0.1) is 0 Å². The number of carbonyl (C=O) groups is 1. The van der Waals surface area contributed by atoms with Crippen LogP contribution in [0.3, 0.4) is 0 Å². The summed E-state index contributed by atoms with van der Waals surface area (Å²) in [5, 5.41) is 3.25. The van der Waals surface area contributed by atoms with Crippen LogP contribution in [0.15, 0.2) is 24.3 Å². The lowest BCUT2D eigenvalue weighted by molar-refractivity contribution is -0.0498. The van der Waals surface area contributed by atoms with Crippen LogP contribution in [-0.4, -0.2) is 25.0 Å². The molecule has 1 heterocycles. The first-order chi connectivity index (χ1) is 8.65. The summed E-state index contributed by atoms with van der Waals surface area (Å²) >= 11 is 0. The van der Waals surface area contributed by atoms with Crippen molar-refractivity contribution in [2.75, 3.05) is 6.54 Å². The third-order valence-electron chi connectivity index (χ3n) is 3.00. The highest BCUT2D eigenvalue weighted by Gasteiger charge is 2.18. The van der Waals surface area contributed by atoms with Crippen molar-refractivity contribution in [3.05, 3.63) is 29.8 Å². The minimum absolute atomic E-state index is 0.0259. The molecule has 0 saturated carbocycles. The normalized spacial score (nSPS) is 19.2. The molecule has 1 saturated heterocycles. The Balaban J connectivity index is 1.93. The molecular formula is C13H15F2NO2. The molecule has 1 atom stereocenters. The van der Waals surface area contributed by atoms with Gasteiger partial charge in [0.2, 0.25) is 0 Å². The van der Waals surface area contributed by atoms with Crippen molar-refractivity contribution in [1.29, 1.82) is 0 Å². The molecule has 98 valence electrons. The maximum atomic E-state index is 12.0. The minimum atomic E-state index is -2.84. The number of ketones is 1. The van der Waals surface area contributed by atoms with E-state index in [1.165, 1.54) is 24.3 Å². The second-order valence-corrected chi connectivity index (χ2v) is 4.32. The van der Waals surface area contributed by atoms with Crippen LogP contribution in [0, 0.1) is 0 Å². The van der Waals surface area contributed by atoms with E-state index in [0.29, 0.717) is 12.0 Å². The fraction of sp³-hybridized carbons (Fsp3) is 0.462. The maximum absolute atomic E-state index is 12.0. The molecule has 0 aliphatic carbocycles. The summed E-state index contributed by atoms with van der Waals surface area (Å²) in [6.45, 7) is -1.88. The number of hydrogen-bond acceptors (Lipinski definition) is 3. The van der Waals surface area contributed by atoms with Crippen LogP contribution in [0.1, 0.15) is 29.6 Å². The van der Waals surface area contributed by atoms with E-state index in [1.54, 1.807) is 0 Å². The van der Waals surface area contributed by atoms with Crippen molar-refractivity contribution < 1.29 is 18.3 Å². The molecule has 1 aliphatic heterocycles. The van der Waals surface area contributed by atoms with E-state index in [-0.39, 0.29) is 17.6 Å². The molecule has 0 spiro atoms. The smallest absolute Gasteiger partial charge is 0.387 e. The topological polar surface area (TPSA) is 38.3 Å². The van der Waals surface area contributed by atoms with Gasteiger partial charge >= 0.3 is 6.61 Å². The Bertz CT molecular complexity index is 400. The van der Waals surface area contributed by atoms with E-state index in [2.05, 4.69) is 10.1 Å². The first-order valence-electron chi connectivity index (χ1n) is 5.96. The van der Waals surface area contributed by atoms with Gasteiger partial charge in [-0.05, 0) is 43.7 Å². The van der Waals surface area contributed by atoms with Gasteiger partial charge in [-0.1, -0.05) is 0 Å². The van der Waals surface area contributed by atoms with Crippen molar-refractivity contribution in [1.82, 2.24) is 5.32 Å². The van der Waals surface area contributed by atoms with Crippen LogP contribution >= 0.6 is 0 Å². The third-order valence-corrected chi connectivity index (χ3v) is 3.00. The first-order valence-corrected chi connectivity index (χ1v) is 5.96. The Morgan fingerprint density at radius 1 is 1.39 bits per heavy atom. The van der Waals surface area contributed by atoms with Crippen molar-refractivity contribution in [2.45, 2.75) is 31.9 Å². The molecule has 2 rings (SSSR count). The SMILES string of the molecule is O=C(CC1CCCN1)c1ccc(OC(F)F)cc1. The molecule has 0 aromatic heterocycles. The van der Waals surface area contributed by atoms with Crippen LogP contribution in [-0.2, 0) is 0 Å². The Morgan fingerprint density at radius 2 is 2.11 bits per heavy atom. The lowest BCUT2D eigenvalue weighted by Gasteiger charge is -2.09. The van der Waals surface area contributed by atoms with E-state index >= 15 is 0 Å². The molecule has 18 heavy (non-hydrogen) atoms. The number of halogens is 2. The summed E-state index contributed by atoms with van der Waals surface area (Å²) in [6.07, 6.45) is 2.56. The van der Waals surface area contributed by atoms with Crippen LogP contribution in [0.5, 0.6) is 5.75 Å². The molecule has 5 heteroatoms. The van der Waals surface area contributed by atoms with Gasteiger partial charge in [0.15, 0.2) is 5.78 Å². The van der Waals surface area contributed by atoms with Crippen LogP contribution in [0.2, 0.25) is 0 Å². The Labute approximate surface area is 104 Å². The predicted molar refractivity (Wildman–Crippen MR) is 63.0 cm³/mol. The van der Waals surface area contributed by atoms with E-state index in [9.17, 15) is 13.6 Å². The van der Waals surface area contributed by atoms with Gasteiger partial charge in [0.25, 0.3) is 0 Å². The molecular weight excluding hydrogens is 240 g/mol. The summed E-state index contributed by atoms with van der Waals surface area (Å²) < 4.78 is 28.1. The average molecular weight is 255 g/mol. The molecule has 0 amide bonds. The lowest BCUT2D eigenvalue weighted by atomic mass is 10.0. The van der Waals surface area contributed by atoms with Gasteiger partial charge in [-0.25, -0.2) is 0 Å². The third kappa shape index (κ3) is 3.50. The van der Waals surface area contributed by atoms with Crippen LogP contribution in [0.25, 0.3) is 0 Å². The largest absolute Gasteiger partial charge is 0.435 e. The lowest BCUT2D eigenvalue weighted by Crippen LogP contribution is -2.24. The van der Waals surface area contributed by atoms with Gasteiger partial charge in [0.1, 0.15) is 5.75 Å². The Hall–Kier alpha value is -1.49. The molecule has 1 aromatic rings. The molecule has 1 aliphatic rings. The number of hydrogen-bond donors (Lipinski definition) is 1. The van der Waals surface area contributed by atoms with Crippen LogP contribution in [0.4, 0.5) is 8.78 Å². The van der Waals surface area contributed by atoms with Crippen molar-refractivity contribution >= 4 is 5.78 Å². The maximum Gasteiger partial charge on any atom is 0.387 e. The fourth-order valence-electron chi connectivity index (χ4n) is 2.09. The summed E-state index contributed by atoms with van der Waals surface area (Å²) in [5.41, 5.74) is 0.533. The second kappa shape index (κ2) is 5.91. The molecule has 0 radical (unpaired) electrons. The van der Waals surface area contributed by atoms with E-state index in [1.807, 2.05) is 0 Å². The number of alkyl halides is 2. The number of nitrogens with one attached hydrogen (secondary N) is 1. The van der Waals surface area contributed by atoms with Gasteiger partial charge in [-0.3, -0.25) is 4.79 Å². The summed E-state index contributed by atoms with van der Waals surface area (Å²) in [7, 11) is 0. The monoisotopic (exact) mass is 255 g/mol. The first kappa shape index (κ1) is 13.0. The van der Waals surface area contributed by atoms with E-state index < -0.39 is 6.61 Å². The predicted octanol–water partition coefficient (Wildman–Crippen LogP) is 2.61. The van der Waals surface area contributed by atoms with Crippen molar-refractivity contribution in [3.63, 3.8) is 0 Å². The molecule has 1 unspecified atom stereocenters. The second-order valence-electron chi connectivity index (χ2n) is 4.32. The van der Waals surface area contributed by atoms with Crippen LogP contribution < -0.4 is 10.1 Å². The highest BCUT2D eigenvalue weighted by Crippen LogP contribution is 2.17. The zero-order valence-electron chi connectivity index (χ0n) is 9.86. The van der Waals surface area contributed by atoms with Crippen molar-refractivity contribution in [3.8, 4) is 5.75 Å². The summed E-state index contributed by atoms with van der Waals surface area (Å²) in [5.74, 6) is 0.0959. The van der Waals surface area contributed by atoms with Gasteiger partial charge in [0.05, 0.1) is 0 Å². The molecule has 0 bridgehead atoms. The zero-order valence-corrected chi connectivity index (χ0v) is 9.86. The Morgan fingerprint density at radius 3 is 2.67 bits per heavy atom.